The molecule has 2 aliphatic carbocycles. The molecule has 122 valence electrons. The second kappa shape index (κ2) is 7.27. The summed E-state index contributed by atoms with van der Waals surface area (Å²) in [5, 5.41) is 19.9. The van der Waals surface area contributed by atoms with Gasteiger partial charge in [-0.05, 0) is 44.1 Å². The topological polar surface area (TPSA) is 78.0 Å². The highest BCUT2D eigenvalue weighted by Crippen LogP contribution is 2.31. The van der Waals surface area contributed by atoms with Crippen LogP contribution in [0.1, 0.15) is 79.9 Å². The Balaban J connectivity index is 1.50. The molecule has 0 bridgehead atoms. The van der Waals surface area contributed by atoms with Crippen LogP contribution in [-0.4, -0.2) is 33.9 Å². The van der Waals surface area contributed by atoms with Crippen LogP contribution in [-0.2, 0) is 0 Å². The van der Waals surface area contributed by atoms with Gasteiger partial charge in [0, 0.05) is 18.2 Å². The van der Waals surface area contributed by atoms with Crippen LogP contribution in [0, 0.1) is 5.92 Å². The molecule has 3 N–H and O–H groups in total. The lowest BCUT2D eigenvalue weighted by Crippen LogP contribution is -2.33. The van der Waals surface area contributed by atoms with Crippen molar-refractivity contribution >= 4 is 5.91 Å². The van der Waals surface area contributed by atoms with Gasteiger partial charge in [0.25, 0.3) is 5.91 Å². The first-order valence-electron chi connectivity index (χ1n) is 8.74. The van der Waals surface area contributed by atoms with E-state index in [1.807, 2.05) is 6.07 Å². The quantitative estimate of drug-likeness (QED) is 0.800. The normalized spacial score (nSPS) is 26.8. The van der Waals surface area contributed by atoms with Gasteiger partial charge < -0.3 is 10.4 Å². The predicted octanol–water partition coefficient (Wildman–Crippen LogP) is 2.74. The third-order valence-electron chi connectivity index (χ3n) is 5.18. The number of aliphatic hydroxyl groups is 1. The van der Waals surface area contributed by atoms with E-state index in [9.17, 15) is 9.90 Å². The third kappa shape index (κ3) is 3.88. The van der Waals surface area contributed by atoms with E-state index in [2.05, 4.69) is 15.5 Å². The Labute approximate surface area is 131 Å². The zero-order valence-corrected chi connectivity index (χ0v) is 13.2. The lowest BCUT2D eigenvalue weighted by molar-refractivity contribution is 0.0870. The maximum Gasteiger partial charge on any atom is 0.271 e. The Hall–Kier alpha value is -1.36. The number of carbonyl (C=O) groups is 1. The van der Waals surface area contributed by atoms with Gasteiger partial charge in [0.1, 0.15) is 5.69 Å². The molecule has 1 aromatic heterocycles. The number of aromatic nitrogens is 2. The summed E-state index contributed by atoms with van der Waals surface area (Å²) in [5.74, 6) is 0.833. The highest BCUT2D eigenvalue weighted by atomic mass is 16.3. The Bertz CT molecular complexity index is 494. The highest BCUT2D eigenvalue weighted by Gasteiger charge is 2.22. The minimum atomic E-state index is -0.195. The molecule has 2 unspecified atom stereocenters. The van der Waals surface area contributed by atoms with Gasteiger partial charge in [0.05, 0.1) is 6.10 Å². The number of rotatable bonds is 4. The van der Waals surface area contributed by atoms with Gasteiger partial charge in [-0.3, -0.25) is 9.89 Å². The molecule has 3 rings (SSSR count). The van der Waals surface area contributed by atoms with E-state index in [-0.39, 0.29) is 12.0 Å². The molecule has 0 radical (unpaired) electrons. The van der Waals surface area contributed by atoms with Crippen molar-refractivity contribution in [1.29, 1.82) is 0 Å². The Morgan fingerprint density at radius 2 is 2.05 bits per heavy atom. The van der Waals surface area contributed by atoms with Gasteiger partial charge >= 0.3 is 0 Å². The molecule has 2 atom stereocenters. The first-order chi connectivity index (χ1) is 10.7. The van der Waals surface area contributed by atoms with Gasteiger partial charge in [-0.1, -0.05) is 25.7 Å². The van der Waals surface area contributed by atoms with Crippen molar-refractivity contribution in [3.05, 3.63) is 17.5 Å². The molecular weight excluding hydrogens is 278 g/mol. The molecule has 1 heterocycles. The molecule has 5 heteroatoms. The minimum absolute atomic E-state index is 0.0987. The molecule has 5 nitrogen and oxygen atoms in total. The largest absolute Gasteiger partial charge is 0.393 e. The lowest BCUT2D eigenvalue weighted by Gasteiger charge is -2.25. The highest BCUT2D eigenvalue weighted by molar-refractivity contribution is 5.92. The average Bonchev–Trinajstić information content (AvgIpc) is 3.04. The van der Waals surface area contributed by atoms with E-state index in [1.54, 1.807) is 0 Å². The second-order valence-corrected chi connectivity index (χ2v) is 6.94. The van der Waals surface area contributed by atoms with Gasteiger partial charge in [-0.25, -0.2) is 0 Å². The number of aliphatic hydroxyl groups excluding tert-OH is 1. The number of hydrogen-bond acceptors (Lipinski definition) is 3. The van der Waals surface area contributed by atoms with Crippen molar-refractivity contribution in [2.24, 2.45) is 5.92 Å². The molecule has 0 spiro atoms. The van der Waals surface area contributed by atoms with Crippen LogP contribution in [0.15, 0.2) is 6.07 Å². The summed E-state index contributed by atoms with van der Waals surface area (Å²) in [6.07, 6.45) is 9.91. The summed E-state index contributed by atoms with van der Waals surface area (Å²) in [7, 11) is 0. The van der Waals surface area contributed by atoms with Crippen LogP contribution in [0.4, 0.5) is 0 Å². The van der Waals surface area contributed by atoms with Crippen molar-refractivity contribution in [1.82, 2.24) is 15.5 Å². The van der Waals surface area contributed by atoms with E-state index >= 15 is 0 Å². The lowest BCUT2D eigenvalue weighted by atomic mass is 9.87. The number of hydrogen-bond donors (Lipinski definition) is 3. The number of nitrogens with one attached hydrogen (secondary N) is 2. The molecular formula is C17H27N3O2. The average molecular weight is 305 g/mol. The number of carbonyl (C=O) groups excluding carboxylic acids is 1. The van der Waals surface area contributed by atoms with Crippen molar-refractivity contribution < 1.29 is 9.90 Å². The summed E-state index contributed by atoms with van der Waals surface area (Å²) < 4.78 is 0. The second-order valence-electron chi connectivity index (χ2n) is 6.94. The summed E-state index contributed by atoms with van der Waals surface area (Å²) >= 11 is 0. The molecule has 0 saturated heterocycles. The maximum atomic E-state index is 12.2. The van der Waals surface area contributed by atoms with E-state index in [1.165, 1.54) is 32.1 Å². The maximum absolute atomic E-state index is 12.2. The third-order valence-corrected chi connectivity index (χ3v) is 5.18. The first kappa shape index (κ1) is 15.5. The number of nitrogens with zero attached hydrogens (tertiary/aromatic N) is 1. The minimum Gasteiger partial charge on any atom is -0.393 e. The van der Waals surface area contributed by atoms with E-state index in [4.69, 9.17) is 0 Å². The van der Waals surface area contributed by atoms with Crippen LogP contribution in [0.25, 0.3) is 0 Å². The van der Waals surface area contributed by atoms with Crippen LogP contribution in [0.5, 0.6) is 0 Å². The van der Waals surface area contributed by atoms with Crippen LogP contribution < -0.4 is 5.32 Å². The molecule has 0 aliphatic heterocycles. The van der Waals surface area contributed by atoms with Crippen molar-refractivity contribution in [3.8, 4) is 0 Å². The molecule has 0 aromatic carbocycles. The predicted molar refractivity (Wildman–Crippen MR) is 84.7 cm³/mol. The van der Waals surface area contributed by atoms with Gasteiger partial charge in [0.15, 0.2) is 0 Å². The van der Waals surface area contributed by atoms with Crippen molar-refractivity contribution in [2.45, 2.75) is 69.8 Å². The SMILES string of the molecule is O=C(NCC1CCCC(O)C1)c1cc(C2CCCCC2)[nH]n1. The van der Waals surface area contributed by atoms with E-state index in [0.29, 0.717) is 24.1 Å². The van der Waals surface area contributed by atoms with Gasteiger partial charge in [-0.15, -0.1) is 0 Å². The summed E-state index contributed by atoms with van der Waals surface area (Å²) in [4.78, 5) is 12.2. The van der Waals surface area contributed by atoms with Crippen molar-refractivity contribution in [3.63, 3.8) is 0 Å². The number of H-pyrrole nitrogens is 1. The van der Waals surface area contributed by atoms with Crippen molar-refractivity contribution in [2.75, 3.05) is 6.54 Å². The van der Waals surface area contributed by atoms with Crippen LogP contribution >= 0.6 is 0 Å². The van der Waals surface area contributed by atoms with Crippen LogP contribution in [0.3, 0.4) is 0 Å². The fourth-order valence-corrected chi connectivity index (χ4v) is 3.85. The Kier molecular flexibility index (Phi) is 5.13. The molecule has 2 aliphatic rings. The fourth-order valence-electron chi connectivity index (χ4n) is 3.85. The first-order valence-corrected chi connectivity index (χ1v) is 8.74. The molecule has 2 fully saturated rings. The standard InChI is InChI=1S/C17H27N3O2/c21-14-8-4-5-12(9-14)11-18-17(22)16-10-15(19-20-16)13-6-2-1-3-7-13/h10,12-14,21H,1-9,11H2,(H,18,22)(H,19,20). The summed E-state index contributed by atoms with van der Waals surface area (Å²) in [5.41, 5.74) is 1.61. The van der Waals surface area contributed by atoms with Crippen LogP contribution in [0.2, 0.25) is 0 Å². The fraction of sp³-hybridized carbons (Fsp3) is 0.765. The number of aromatic amines is 1. The zero-order valence-electron chi connectivity index (χ0n) is 13.2. The molecule has 22 heavy (non-hydrogen) atoms. The smallest absolute Gasteiger partial charge is 0.271 e. The van der Waals surface area contributed by atoms with Gasteiger partial charge in [-0.2, -0.15) is 5.10 Å². The zero-order chi connectivity index (χ0) is 15.4. The van der Waals surface area contributed by atoms with E-state index < -0.39 is 0 Å². The number of amides is 1. The summed E-state index contributed by atoms with van der Waals surface area (Å²) in [6, 6.07) is 1.92. The molecule has 1 amide bonds. The van der Waals surface area contributed by atoms with E-state index in [0.717, 1.165) is 31.4 Å². The van der Waals surface area contributed by atoms with Gasteiger partial charge in [0.2, 0.25) is 0 Å². The molecule has 1 aromatic rings. The summed E-state index contributed by atoms with van der Waals surface area (Å²) in [6.45, 7) is 0.640. The Morgan fingerprint density at radius 3 is 2.82 bits per heavy atom. The molecule has 2 saturated carbocycles. The monoisotopic (exact) mass is 305 g/mol. The Morgan fingerprint density at radius 1 is 1.23 bits per heavy atom.